The fourth-order valence-corrected chi connectivity index (χ4v) is 3.46. The van der Waals surface area contributed by atoms with Gasteiger partial charge < -0.3 is 10.0 Å². The summed E-state index contributed by atoms with van der Waals surface area (Å²) in [5.74, 6) is 1.54. The van der Waals surface area contributed by atoms with Crippen LogP contribution in [0, 0.1) is 11.8 Å². The number of hydrogen-bond donors (Lipinski definition) is 1. The van der Waals surface area contributed by atoms with Crippen molar-refractivity contribution in [2.24, 2.45) is 11.8 Å². The molecule has 0 spiro atoms. The highest BCUT2D eigenvalue weighted by Crippen LogP contribution is 2.36. The van der Waals surface area contributed by atoms with Crippen LogP contribution in [0.4, 0.5) is 0 Å². The van der Waals surface area contributed by atoms with E-state index in [0.717, 1.165) is 30.7 Å². The average molecular weight is 225 g/mol. The van der Waals surface area contributed by atoms with Gasteiger partial charge >= 0.3 is 0 Å². The maximum absolute atomic E-state index is 9.87. The van der Waals surface area contributed by atoms with Crippen LogP contribution in [0.1, 0.15) is 52.4 Å². The third-order valence-corrected chi connectivity index (χ3v) is 4.87. The van der Waals surface area contributed by atoms with Crippen LogP contribution < -0.4 is 0 Å². The molecule has 2 aliphatic rings. The Morgan fingerprint density at radius 2 is 1.81 bits per heavy atom. The van der Waals surface area contributed by atoms with Crippen molar-refractivity contribution < 1.29 is 5.11 Å². The highest BCUT2D eigenvalue weighted by molar-refractivity contribution is 4.91. The monoisotopic (exact) mass is 225 g/mol. The molecule has 2 aliphatic carbocycles. The first-order valence-electron chi connectivity index (χ1n) is 6.99. The van der Waals surface area contributed by atoms with E-state index >= 15 is 0 Å². The van der Waals surface area contributed by atoms with E-state index in [1.54, 1.807) is 0 Å². The molecule has 2 heteroatoms. The van der Waals surface area contributed by atoms with Crippen molar-refractivity contribution in [1.29, 1.82) is 0 Å². The second-order valence-electron chi connectivity index (χ2n) is 6.19. The summed E-state index contributed by atoms with van der Waals surface area (Å²) in [5, 5.41) is 9.87. The minimum atomic E-state index is -0.0532. The number of hydrogen-bond acceptors (Lipinski definition) is 2. The molecule has 16 heavy (non-hydrogen) atoms. The van der Waals surface area contributed by atoms with Gasteiger partial charge in [-0.25, -0.2) is 0 Å². The summed E-state index contributed by atoms with van der Waals surface area (Å²) < 4.78 is 0. The Bertz CT molecular complexity index is 225. The molecule has 0 amide bonds. The van der Waals surface area contributed by atoms with Gasteiger partial charge in [0.15, 0.2) is 0 Å². The van der Waals surface area contributed by atoms with Crippen molar-refractivity contribution in [3.63, 3.8) is 0 Å². The summed E-state index contributed by atoms with van der Waals surface area (Å²) in [7, 11) is 2.28. The zero-order valence-electron chi connectivity index (χ0n) is 11.0. The van der Waals surface area contributed by atoms with E-state index in [4.69, 9.17) is 0 Å². The largest absolute Gasteiger partial charge is 0.393 e. The lowest BCUT2D eigenvalue weighted by atomic mass is 9.75. The van der Waals surface area contributed by atoms with E-state index in [0.29, 0.717) is 6.04 Å². The Morgan fingerprint density at radius 3 is 2.31 bits per heavy atom. The molecule has 0 aromatic rings. The number of aliphatic hydroxyl groups excluding tert-OH is 1. The van der Waals surface area contributed by atoms with E-state index in [-0.39, 0.29) is 6.10 Å². The van der Waals surface area contributed by atoms with Crippen LogP contribution in [-0.4, -0.2) is 35.2 Å². The maximum atomic E-state index is 9.87. The fraction of sp³-hybridized carbons (Fsp3) is 1.00. The summed E-state index contributed by atoms with van der Waals surface area (Å²) in [6, 6.07) is 1.42. The number of nitrogens with zero attached hydrogens (tertiary/aromatic N) is 1. The molecule has 0 radical (unpaired) electrons. The molecule has 0 heterocycles. The van der Waals surface area contributed by atoms with Gasteiger partial charge in [0.05, 0.1) is 6.10 Å². The van der Waals surface area contributed by atoms with Gasteiger partial charge in [-0.3, -0.25) is 0 Å². The Labute approximate surface area is 100 Å². The molecule has 0 aromatic heterocycles. The summed E-state index contributed by atoms with van der Waals surface area (Å²) in [4.78, 5) is 2.58. The second-order valence-corrected chi connectivity index (χ2v) is 6.19. The van der Waals surface area contributed by atoms with Crippen LogP contribution in [-0.2, 0) is 0 Å². The first-order valence-corrected chi connectivity index (χ1v) is 6.99. The predicted octanol–water partition coefficient (Wildman–Crippen LogP) is 2.66. The molecule has 3 atom stereocenters. The second kappa shape index (κ2) is 5.05. The van der Waals surface area contributed by atoms with Gasteiger partial charge in [0.1, 0.15) is 0 Å². The fourth-order valence-electron chi connectivity index (χ4n) is 3.46. The van der Waals surface area contributed by atoms with Crippen molar-refractivity contribution >= 4 is 0 Å². The minimum absolute atomic E-state index is 0.0532. The summed E-state index contributed by atoms with van der Waals surface area (Å²) in [6.45, 7) is 4.67. The number of aliphatic hydroxyl groups is 1. The van der Waals surface area contributed by atoms with Crippen LogP contribution in [0.5, 0.6) is 0 Å². The standard InChI is InChI=1S/C14H27NO/c1-10(2)13-8-7-12(16)9-14(13)15(3)11-5-4-6-11/h10-14,16H,4-9H2,1-3H3. The minimum Gasteiger partial charge on any atom is -0.393 e. The van der Waals surface area contributed by atoms with Gasteiger partial charge in [0, 0.05) is 12.1 Å². The van der Waals surface area contributed by atoms with Crippen molar-refractivity contribution in [3.8, 4) is 0 Å². The van der Waals surface area contributed by atoms with E-state index in [1.807, 2.05) is 0 Å². The molecule has 1 N–H and O–H groups in total. The van der Waals surface area contributed by atoms with Crippen molar-refractivity contribution in [2.45, 2.75) is 70.6 Å². The zero-order chi connectivity index (χ0) is 11.7. The van der Waals surface area contributed by atoms with Gasteiger partial charge in [0.2, 0.25) is 0 Å². The van der Waals surface area contributed by atoms with Crippen LogP contribution >= 0.6 is 0 Å². The Hall–Kier alpha value is -0.0800. The van der Waals surface area contributed by atoms with Gasteiger partial charge in [-0.2, -0.15) is 0 Å². The molecule has 0 aliphatic heterocycles. The zero-order valence-corrected chi connectivity index (χ0v) is 11.0. The molecule has 2 fully saturated rings. The summed E-state index contributed by atoms with van der Waals surface area (Å²) >= 11 is 0. The third kappa shape index (κ3) is 2.43. The Balaban J connectivity index is 2.00. The molecule has 3 unspecified atom stereocenters. The first kappa shape index (κ1) is 12.4. The van der Waals surface area contributed by atoms with Crippen LogP contribution in [0.3, 0.4) is 0 Å². The predicted molar refractivity (Wildman–Crippen MR) is 67.4 cm³/mol. The third-order valence-electron chi connectivity index (χ3n) is 4.87. The van der Waals surface area contributed by atoms with Gasteiger partial charge in [0.25, 0.3) is 0 Å². The summed E-state index contributed by atoms with van der Waals surface area (Å²) in [5.41, 5.74) is 0. The average Bonchev–Trinajstić information content (AvgIpc) is 2.14. The van der Waals surface area contributed by atoms with E-state index in [2.05, 4.69) is 25.8 Å². The quantitative estimate of drug-likeness (QED) is 0.798. The maximum Gasteiger partial charge on any atom is 0.0555 e. The van der Waals surface area contributed by atoms with E-state index in [1.165, 1.54) is 25.7 Å². The SMILES string of the molecule is CC(C)C1CCC(O)CC1N(C)C1CCC1. The van der Waals surface area contributed by atoms with E-state index < -0.39 is 0 Å². The lowest BCUT2D eigenvalue weighted by Crippen LogP contribution is -2.51. The topological polar surface area (TPSA) is 23.5 Å². The highest BCUT2D eigenvalue weighted by Gasteiger charge is 2.37. The van der Waals surface area contributed by atoms with E-state index in [9.17, 15) is 5.11 Å². The lowest BCUT2D eigenvalue weighted by Gasteiger charge is -2.47. The van der Waals surface area contributed by atoms with Crippen LogP contribution in [0.25, 0.3) is 0 Å². The molecular weight excluding hydrogens is 198 g/mol. The molecule has 0 aromatic carbocycles. The van der Waals surface area contributed by atoms with Crippen molar-refractivity contribution in [2.75, 3.05) is 7.05 Å². The molecular formula is C14H27NO. The van der Waals surface area contributed by atoms with Crippen molar-refractivity contribution in [3.05, 3.63) is 0 Å². The van der Waals surface area contributed by atoms with Gasteiger partial charge in [-0.05, 0) is 51.0 Å². The van der Waals surface area contributed by atoms with Gasteiger partial charge in [-0.15, -0.1) is 0 Å². The lowest BCUT2D eigenvalue weighted by molar-refractivity contribution is -0.00975. The highest BCUT2D eigenvalue weighted by atomic mass is 16.3. The molecule has 94 valence electrons. The Morgan fingerprint density at radius 1 is 1.12 bits per heavy atom. The molecule has 2 saturated carbocycles. The number of rotatable bonds is 3. The van der Waals surface area contributed by atoms with Crippen LogP contribution in [0.2, 0.25) is 0 Å². The molecule has 0 saturated heterocycles. The van der Waals surface area contributed by atoms with Gasteiger partial charge in [-0.1, -0.05) is 20.3 Å². The molecule has 2 rings (SSSR count). The van der Waals surface area contributed by atoms with Crippen LogP contribution in [0.15, 0.2) is 0 Å². The molecule has 2 nitrogen and oxygen atoms in total. The smallest absolute Gasteiger partial charge is 0.0555 e. The first-order chi connectivity index (χ1) is 7.59. The summed E-state index contributed by atoms with van der Waals surface area (Å²) in [6.07, 6.45) is 7.30. The normalized spacial score (nSPS) is 36.8. The Kier molecular flexibility index (Phi) is 3.91. The molecule has 0 bridgehead atoms. The van der Waals surface area contributed by atoms with Crippen molar-refractivity contribution in [1.82, 2.24) is 4.90 Å².